The topological polar surface area (TPSA) is 158 Å². The molecule has 0 saturated carbocycles. The van der Waals surface area contributed by atoms with Gasteiger partial charge in [-0.15, -0.1) is 0 Å². The van der Waals surface area contributed by atoms with E-state index in [-0.39, 0.29) is 18.2 Å². The lowest BCUT2D eigenvalue weighted by Crippen LogP contribution is -2.52. The maximum Gasteiger partial charge on any atom is 0.255 e. The van der Waals surface area contributed by atoms with Gasteiger partial charge in [0.2, 0.25) is 17.8 Å². The number of nitrogens with one attached hydrogen (secondary N) is 4. The van der Waals surface area contributed by atoms with Gasteiger partial charge in [-0.2, -0.15) is 4.98 Å². The largest absolute Gasteiger partial charge is 0.494 e. The lowest BCUT2D eigenvalue weighted by Gasteiger charge is -2.34. The number of imide groups is 1. The second-order valence-corrected chi connectivity index (χ2v) is 18.4. The molecule has 3 aliphatic heterocycles. The number of carbonyl (C=O) groups excluding carboxylic acids is 3. The van der Waals surface area contributed by atoms with Gasteiger partial charge in [0.1, 0.15) is 24.0 Å². The molecule has 4 aromatic rings. The van der Waals surface area contributed by atoms with E-state index >= 15 is 0 Å². The highest BCUT2D eigenvalue weighted by molar-refractivity contribution is 7.70. The second kappa shape index (κ2) is 17.4. The lowest BCUT2D eigenvalue weighted by atomic mass is 10.0. The van der Waals surface area contributed by atoms with Gasteiger partial charge < -0.3 is 35.1 Å². The average molecular weight is 809 g/mol. The number of piperidine rings is 2. The summed E-state index contributed by atoms with van der Waals surface area (Å²) in [5.74, 6) is 7.01. The molecule has 1 aromatic heterocycles. The number of unbranched alkanes of at least 4 members (excludes halogenated alkanes) is 1. The molecule has 7 rings (SSSR count). The van der Waals surface area contributed by atoms with E-state index in [2.05, 4.69) is 54.0 Å². The minimum Gasteiger partial charge on any atom is -0.494 e. The molecule has 3 amide bonds. The summed E-state index contributed by atoms with van der Waals surface area (Å²) in [4.78, 5) is 49.7. The summed E-state index contributed by atoms with van der Waals surface area (Å²) >= 11 is 6.46. The van der Waals surface area contributed by atoms with E-state index < -0.39 is 19.1 Å². The number of aromatic nitrogens is 2. The number of rotatable bonds is 12. The van der Waals surface area contributed by atoms with Crippen LogP contribution in [0, 0.1) is 11.8 Å². The number of fused-ring (bicyclic) bond motifs is 1. The van der Waals surface area contributed by atoms with Gasteiger partial charge in [-0.25, -0.2) is 4.98 Å². The molecule has 0 bridgehead atoms. The van der Waals surface area contributed by atoms with Gasteiger partial charge in [0.15, 0.2) is 5.82 Å². The van der Waals surface area contributed by atoms with Crippen LogP contribution >= 0.6 is 18.7 Å². The predicted molar refractivity (Wildman–Crippen MR) is 224 cm³/mol. The number of nitrogens with zero attached hydrogens (tertiary/aromatic N) is 4. The van der Waals surface area contributed by atoms with Crippen molar-refractivity contribution in [2.75, 3.05) is 55.6 Å². The van der Waals surface area contributed by atoms with Crippen molar-refractivity contribution in [2.45, 2.75) is 57.2 Å². The zero-order chi connectivity index (χ0) is 40.1. The van der Waals surface area contributed by atoms with Gasteiger partial charge in [-0.1, -0.05) is 35.6 Å². The molecular weight excluding hydrogens is 763 g/mol. The summed E-state index contributed by atoms with van der Waals surface area (Å²) in [6, 6.07) is 18.8. The van der Waals surface area contributed by atoms with E-state index in [1.54, 1.807) is 31.4 Å². The van der Waals surface area contributed by atoms with E-state index in [1.165, 1.54) is 6.20 Å². The fourth-order valence-electron chi connectivity index (χ4n) is 7.43. The molecule has 15 heteroatoms. The molecule has 296 valence electrons. The molecule has 3 aromatic carbocycles. The van der Waals surface area contributed by atoms with Crippen molar-refractivity contribution in [1.82, 2.24) is 25.5 Å². The Bertz CT molecular complexity index is 2300. The second-order valence-electron chi connectivity index (χ2n) is 14.8. The molecule has 2 fully saturated rings. The van der Waals surface area contributed by atoms with Gasteiger partial charge in [0.25, 0.3) is 5.91 Å². The number of anilines is 5. The third-order valence-electron chi connectivity index (χ3n) is 10.4. The van der Waals surface area contributed by atoms with E-state index in [9.17, 15) is 18.9 Å². The number of hydrogen-bond acceptors (Lipinski definition) is 11. The Labute approximate surface area is 337 Å². The molecule has 1 unspecified atom stereocenters. The van der Waals surface area contributed by atoms with Crippen LogP contribution in [0.25, 0.3) is 0 Å². The van der Waals surface area contributed by atoms with Crippen molar-refractivity contribution in [3.8, 4) is 17.6 Å². The number of para-hydroxylation sites is 1. The van der Waals surface area contributed by atoms with Crippen LogP contribution < -0.4 is 36.2 Å². The Kier molecular flexibility index (Phi) is 12.1. The van der Waals surface area contributed by atoms with Crippen LogP contribution in [0.1, 0.15) is 60.0 Å². The molecule has 4 N–H and O–H groups in total. The van der Waals surface area contributed by atoms with Crippen LogP contribution in [0.15, 0.2) is 66.9 Å². The highest BCUT2D eigenvalue weighted by Crippen LogP contribution is 2.39. The summed E-state index contributed by atoms with van der Waals surface area (Å²) in [7, 11) is -0.909. The molecule has 57 heavy (non-hydrogen) atoms. The highest BCUT2D eigenvalue weighted by atomic mass is 35.5. The Balaban J connectivity index is 0.865. The zero-order valence-electron chi connectivity index (χ0n) is 32.2. The monoisotopic (exact) mass is 808 g/mol. The maximum absolute atomic E-state index is 13.0. The van der Waals surface area contributed by atoms with Crippen LogP contribution in [0.5, 0.6) is 5.75 Å². The SMILES string of the molecule is COc1cc(N2CCC(NCCCC#Cc3ccc4c(c3)CN(C3CCC(=O)NC3=O)C4=O)CC2)ccc1Nc1ncc(Cl)c(Nc2ccccc2P(C)(C)=O)n1. The quantitative estimate of drug-likeness (QED) is 0.0574. The van der Waals surface area contributed by atoms with Gasteiger partial charge in [0.05, 0.1) is 24.7 Å². The van der Waals surface area contributed by atoms with Crippen molar-refractivity contribution in [3.05, 3.63) is 88.6 Å². The van der Waals surface area contributed by atoms with Crippen molar-refractivity contribution < 1.29 is 23.7 Å². The van der Waals surface area contributed by atoms with Gasteiger partial charge >= 0.3 is 0 Å². The first-order valence-electron chi connectivity index (χ1n) is 19.1. The average Bonchev–Trinajstić information content (AvgIpc) is 3.52. The molecule has 1 atom stereocenters. The Morgan fingerprint density at radius 3 is 2.58 bits per heavy atom. The molecule has 0 aliphatic carbocycles. The zero-order valence-corrected chi connectivity index (χ0v) is 33.9. The normalized spacial score (nSPS) is 17.1. The Morgan fingerprint density at radius 2 is 1.81 bits per heavy atom. The molecular formula is C42H46ClN8O5P. The summed E-state index contributed by atoms with van der Waals surface area (Å²) in [6.45, 7) is 6.50. The highest BCUT2D eigenvalue weighted by Gasteiger charge is 2.39. The molecule has 0 radical (unpaired) electrons. The first-order chi connectivity index (χ1) is 27.5. The van der Waals surface area contributed by atoms with Crippen LogP contribution in [0.3, 0.4) is 0 Å². The van der Waals surface area contributed by atoms with Crippen LogP contribution in [0.2, 0.25) is 5.02 Å². The fraction of sp³-hybridized carbons (Fsp3) is 0.357. The standard InChI is InChI=1S/C42H46ClN8O5P/c1-56-36-24-30(13-15-33(36)47-42-45-25-32(43)39(49-42)46-34-10-6-7-11-37(34)57(2,3)55)50-21-18-29(19-22-50)44-20-8-4-5-9-27-12-14-31-28(23-27)26-51(41(31)54)35-16-17-38(52)48-40(35)53/h6-7,10-15,23-25,29,35,44H,4,8,16-22,26H2,1-3H3,(H,48,52,53)(H2,45,46,47,49). The summed E-state index contributed by atoms with van der Waals surface area (Å²) < 4.78 is 18.6. The van der Waals surface area contributed by atoms with Crippen LogP contribution in [-0.2, 0) is 20.7 Å². The minimum absolute atomic E-state index is 0.179. The lowest BCUT2D eigenvalue weighted by molar-refractivity contribution is -0.136. The van der Waals surface area contributed by atoms with E-state index in [4.69, 9.17) is 16.3 Å². The molecule has 0 spiro atoms. The van der Waals surface area contributed by atoms with Crippen LogP contribution in [0.4, 0.5) is 28.8 Å². The smallest absolute Gasteiger partial charge is 0.255 e. The van der Waals surface area contributed by atoms with E-state index in [1.807, 2.05) is 48.5 Å². The van der Waals surface area contributed by atoms with Crippen molar-refractivity contribution in [2.24, 2.45) is 0 Å². The molecule has 2 saturated heterocycles. The van der Waals surface area contributed by atoms with Crippen molar-refractivity contribution in [3.63, 3.8) is 0 Å². The fourth-order valence-corrected chi connectivity index (χ4v) is 8.73. The number of benzene rings is 3. The van der Waals surface area contributed by atoms with Gasteiger partial charge in [0, 0.05) is 66.7 Å². The summed E-state index contributed by atoms with van der Waals surface area (Å²) in [6.07, 6.45) is 5.80. The minimum atomic E-state index is -2.55. The molecule has 13 nitrogen and oxygen atoms in total. The molecule has 3 aliphatic rings. The number of ether oxygens (including phenoxy) is 1. The van der Waals surface area contributed by atoms with Gasteiger partial charge in [-0.05, 0) is 93.6 Å². The third-order valence-corrected chi connectivity index (χ3v) is 12.3. The molecule has 4 heterocycles. The number of hydrogen-bond donors (Lipinski definition) is 4. The third kappa shape index (κ3) is 9.42. The van der Waals surface area contributed by atoms with Crippen LogP contribution in [-0.4, -0.2) is 84.7 Å². The number of halogens is 1. The van der Waals surface area contributed by atoms with Crippen molar-refractivity contribution in [1.29, 1.82) is 0 Å². The van der Waals surface area contributed by atoms with E-state index in [0.717, 1.165) is 62.1 Å². The predicted octanol–water partition coefficient (Wildman–Crippen LogP) is 6.03. The van der Waals surface area contributed by atoms with Gasteiger partial charge in [-0.3, -0.25) is 19.7 Å². The first-order valence-corrected chi connectivity index (χ1v) is 22.1. The maximum atomic E-state index is 13.0. The first kappa shape index (κ1) is 39.8. The summed E-state index contributed by atoms with van der Waals surface area (Å²) in [5, 5.41) is 13.6. The number of methoxy groups -OCH3 is 1. The van der Waals surface area contributed by atoms with Crippen molar-refractivity contribution >= 4 is 70.6 Å². The van der Waals surface area contributed by atoms with E-state index in [0.29, 0.717) is 63.8 Å². The Hall–Kier alpha value is -5.41. The number of carbonyl (C=O) groups is 3. The Morgan fingerprint density at radius 1 is 1.00 bits per heavy atom. The number of amides is 3. The summed E-state index contributed by atoms with van der Waals surface area (Å²) in [5.41, 5.74) is 4.76.